The van der Waals surface area contributed by atoms with E-state index in [-0.39, 0.29) is 5.69 Å². The average Bonchev–Trinajstić information content (AvgIpc) is 3.25. The molecule has 1 aromatic rings. The predicted molar refractivity (Wildman–Crippen MR) is 79.5 cm³/mol. The highest BCUT2D eigenvalue weighted by atomic mass is 16.6. The largest absolute Gasteiger partial charge is 0.496 e. The molecule has 21 heavy (non-hydrogen) atoms. The second-order valence-corrected chi connectivity index (χ2v) is 5.64. The number of hydrogen-bond donors (Lipinski definition) is 1. The molecule has 1 saturated carbocycles. The van der Waals surface area contributed by atoms with Crippen LogP contribution in [0.3, 0.4) is 0 Å². The van der Waals surface area contributed by atoms with Gasteiger partial charge in [-0.05, 0) is 36.3 Å². The van der Waals surface area contributed by atoms with Crippen LogP contribution in [0.5, 0.6) is 5.75 Å². The molecule has 0 aliphatic heterocycles. The maximum Gasteiger partial charge on any atom is 0.273 e. The van der Waals surface area contributed by atoms with Crippen molar-refractivity contribution in [2.24, 2.45) is 5.41 Å². The molecule has 2 rings (SSSR count). The highest BCUT2D eigenvalue weighted by molar-refractivity contribution is 5.42. The molecular weight excluding hydrogens is 272 g/mol. The number of nitro benzene ring substituents is 1. The van der Waals surface area contributed by atoms with Gasteiger partial charge in [-0.1, -0.05) is 0 Å². The van der Waals surface area contributed by atoms with Crippen LogP contribution in [0, 0.1) is 15.5 Å². The Morgan fingerprint density at radius 2 is 2.10 bits per heavy atom. The standard InChI is InChI=1S/C15H22N2O4/c1-20-6-5-15(3-4-15)11-16-10-12-7-13(17(18)19)9-14(8-12)21-2/h7-9,16H,3-6,10-11H2,1-2H3. The molecule has 0 saturated heterocycles. The summed E-state index contributed by atoms with van der Waals surface area (Å²) < 4.78 is 10.2. The van der Waals surface area contributed by atoms with Crippen LogP contribution >= 0.6 is 0 Å². The first-order valence-corrected chi connectivity index (χ1v) is 7.10. The van der Waals surface area contributed by atoms with Gasteiger partial charge >= 0.3 is 0 Å². The highest BCUT2D eigenvalue weighted by Crippen LogP contribution is 2.48. The Morgan fingerprint density at radius 3 is 2.67 bits per heavy atom. The summed E-state index contributed by atoms with van der Waals surface area (Å²) in [4.78, 5) is 10.5. The van der Waals surface area contributed by atoms with E-state index in [1.54, 1.807) is 13.2 Å². The first-order valence-electron chi connectivity index (χ1n) is 7.10. The molecule has 0 unspecified atom stereocenters. The molecule has 0 radical (unpaired) electrons. The van der Waals surface area contributed by atoms with Crippen molar-refractivity contribution in [3.05, 3.63) is 33.9 Å². The lowest BCUT2D eigenvalue weighted by molar-refractivity contribution is -0.385. The van der Waals surface area contributed by atoms with Gasteiger partial charge in [0, 0.05) is 32.9 Å². The molecule has 1 aromatic carbocycles. The van der Waals surface area contributed by atoms with Crippen molar-refractivity contribution in [1.82, 2.24) is 5.32 Å². The normalized spacial score (nSPS) is 15.7. The maximum atomic E-state index is 10.9. The van der Waals surface area contributed by atoms with Crippen molar-refractivity contribution >= 4 is 5.69 Å². The number of hydrogen-bond acceptors (Lipinski definition) is 5. The van der Waals surface area contributed by atoms with Crippen LogP contribution in [0.1, 0.15) is 24.8 Å². The number of nitrogens with one attached hydrogen (secondary N) is 1. The Balaban J connectivity index is 1.91. The summed E-state index contributed by atoms with van der Waals surface area (Å²) in [5, 5.41) is 14.3. The van der Waals surface area contributed by atoms with Gasteiger partial charge in [0.2, 0.25) is 0 Å². The summed E-state index contributed by atoms with van der Waals surface area (Å²) in [7, 11) is 3.24. The van der Waals surface area contributed by atoms with Gasteiger partial charge in [0.15, 0.2) is 0 Å². The van der Waals surface area contributed by atoms with Crippen LogP contribution in [0.15, 0.2) is 18.2 Å². The minimum absolute atomic E-state index is 0.0617. The van der Waals surface area contributed by atoms with Crippen molar-refractivity contribution in [3.63, 3.8) is 0 Å². The minimum atomic E-state index is -0.396. The van der Waals surface area contributed by atoms with Crippen molar-refractivity contribution in [3.8, 4) is 5.75 Å². The summed E-state index contributed by atoms with van der Waals surface area (Å²) in [5.74, 6) is 0.515. The molecule has 6 heteroatoms. The van der Waals surface area contributed by atoms with Crippen molar-refractivity contribution in [2.45, 2.75) is 25.8 Å². The fraction of sp³-hybridized carbons (Fsp3) is 0.600. The van der Waals surface area contributed by atoms with E-state index >= 15 is 0 Å². The number of methoxy groups -OCH3 is 2. The number of nitrogens with zero attached hydrogens (tertiary/aromatic N) is 1. The third-order valence-corrected chi connectivity index (χ3v) is 4.02. The quantitative estimate of drug-likeness (QED) is 0.559. The smallest absolute Gasteiger partial charge is 0.273 e. The van der Waals surface area contributed by atoms with Crippen molar-refractivity contribution < 1.29 is 14.4 Å². The Kier molecular flexibility index (Phi) is 5.14. The Morgan fingerprint density at radius 1 is 1.33 bits per heavy atom. The van der Waals surface area contributed by atoms with Gasteiger partial charge < -0.3 is 14.8 Å². The zero-order chi connectivity index (χ0) is 15.3. The fourth-order valence-electron chi connectivity index (χ4n) is 2.45. The lowest BCUT2D eigenvalue weighted by Gasteiger charge is -2.15. The van der Waals surface area contributed by atoms with Gasteiger partial charge in [-0.25, -0.2) is 0 Å². The zero-order valence-electron chi connectivity index (χ0n) is 12.6. The van der Waals surface area contributed by atoms with Crippen molar-refractivity contribution in [2.75, 3.05) is 27.4 Å². The van der Waals surface area contributed by atoms with Crippen LogP contribution in [-0.4, -0.2) is 32.3 Å². The van der Waals surface area contributed by atoms with E-state index in [1.165, 1.54) is 26.0 Å². The van der Waals surface area contributed by atoms with Gasteiger partial charge in [0.1, 0.15) is 5.75 Å². The number of benzene rings is 1. The van der Waals surface area contributed by atoms with Gasteiger partial charge in [0.05, 0.1) is 18.1 Å². The summed E-state index contributed by atoms with van der Waals surface area (Å²) in [6, 6.07) is 4.85. The molecule has 0 heterocycles. The molecule has 1 aliphatic carbocycles. The van der Waals surface area contributed by atoms with Gasteiger partial charge in [-0.3, -0.25) is 10.1 Å². The zero-order valence-corrected chi connectivity index (χ0v) is 12.6. The van der Waals surface area contributed by atoms with Crippen LogP contribution in [0.2, 0.25) is 0 Å². The van der Waals surface area contributed by atoms with Crippen LogP contribution in [-0.2, 0) is 11.3 Å². The van der Waals surface area contributed by atoms with E-state index in [1.807, 2.05) is 6.07 Å². The molecule has 1 N–H and O–H groups in total. The molecule has 0 amide bonds. The first kappa shape index (κ1) is 15.7. The molecule has 116 valence electrons. The van der Waals surface area contributed by atoms with E-state index < -0.39 is 4.92 Å². The van der Waals surface area contributed by atoms with Gasteiger partial charge in [-0.15, -0.1) is 0 Å². The number of nitro groups is 1. The SMILES string of the molecule is COCCC1(CNCc2cc(OC)cc([N+](=O)[O-])c2)CC1. The maximum absolute atomic E-state index is 10.9. The summed E-state index contributed by atoms with van der Waals surface area (Å²) in [6.45, 7) is 2.31. The molecule has 1 aliphatic rings. The Bertz CT molecular complexity index is 500. The number of rotatable bonds is 9. The van der Waals surface area contributed by atoms with Crippen LogP contribution in [0.4, 0.5) is 5.69 Å². The second kappa shape index (κ2) is 6.87. The molecule has 1 fully saturated rings. The summed E-state index contributed by atoms with van der Waals surface area (Å²) in [5.41, 5.74) is 1.29. The molecule has 0 spiro atoms. The molecular formula is C15H22N2O4. The molecule has 0 aromatic heterocycles. The van der Waals surface area contributed by atoms with Crippen molar-refractivity contribution in [1.29, 1.82) is 0 Å². The summed E-state index contributed by atoms with van der Waals surface area (Å²) >= 11 is 0. The minimum Gasteiger partial charge on any atom is -0.496 e. The van der Waals surface area contributed by atoms with E-state index in [2.05, 4.69) is 5.32 Å². The van der Waals surface area contributed by atoms with E-state index in [4.69, 9.17) is 9.47 Å². The monoisotopic (exact) mass is 294 g/mol. The molecule has 0 bridgehead atoms. The fourth-order valence-corrected chi connectivity index (χ4v) is 2.45. The number of non-ortho nitro benzene ring substituents is 1. The first-order chi connectivity index (χ1) is 10.1. The van der Waals surface area contributed by atoms with E-state index in [0.29, 0.717) is 17.7 Å². The lowest BCUT2D eigenvalue weighted by Crippen LogP contribution is -2.24. The Hall–Kier alpha value is -1.66. The van der Waals surface area contributed by atoms with Gasteiger partial charge in [-0.2, -0.15) is 0 Å². The number of ether oxygens (including phenoxy) is 2. The second-order valence-electron chi connectivity index (χ2n) is 5.64. The predicted octanol–water partition coefficient (Wildman–Crippen LogP) is 2.51. The third-order valence-electron chi connectivity index (χ3n) is 4.02. The third kappa shape index (κ3) is 4.41. The highest BCUT2D eigenvalue weighted by Gasteiger charge is 2.41. The lowest BCUT2D eigenvalue weighted by atomic mass is 10.0. The van der Waals surface area contributed by atoms with Gasteiger partial charge in [0.25, 0.3) is 5.69 Å². The van der Waals surface area contributed by atoms with E-state index in [9.17, 15) is 10.1 Å². The van der Waals surface area contributed by atoms with Crippen LogP contribution < -0.4 is 10.1 Å². The molecule has 0 atom stereocenters. The summed E-state index contributed by atoms with van der Waals surface area (Å²) in [6.07, 6.45) is 3.51. The Labute approximate surface area is 124 Å². The van der Waals surface area contributed by atoms with Crippen LogP contribution in [0.25, 0.3) is 0 Å². The molecule has 6 nitrogen and oxygen atoms in total. The average molecular weight is 294 g/mol. The topological polar surface area (TPSA) is 73.6 Å². The van der Waals surface area contributed by atoms with E-state index in [0.717, 1.165) is 25.1 Å².